The monoisotopic (exact) mass is 272 g/mol. The standard InChI is InChI=1S/C14H28N2O3/c1-5-12(6-2)10-16(7-3)14(19)15-11(4)8-9-13(17)18/h11-12H,5-10H2,1-4H3,(H,15,19)(H,17,18). The van der Waals surface area contributed by atoms with Crippen LogP contribution in [0.2, 0.25) is 0 Å². The van der Waals surface area contributed by atoms with E-state index >= 15 is 0 Å². The lowest BCUT2D eigenvalue weighted by Gasteiger charge is -2.27. The lowest BCUT2D eigenvalue weighted by atomic mass is 10.0. The summed E-state index contributed by atoms with van der Waals surface area (Å²) < 4.78 is 0. The zero-order valence-corrected chi connectivity index (χ0v) is 12.6. The molecule has 0 heterocycles. The fourth-order valence-electron chi connectivity index (χ4n) is 1.93. The summed E-state index contributed by atoms with van der Waals surface area (Å²) >= 11 is 0. The summed E-state index contributed by atoms with van der Waals surface area (Å²) in [6, 6.07) is -0.202. The maximum Gasteiger partial charge on any atom is 0.317 e. The molecule has 0 aromatic rings. The van der Waals surface area contributed by atoms with Gasteiger partial charge in [0.25, 0.3) is 0 Å². The van der Waals surface area contributed by atoms with Crippen LogP contribution in [0.25, 0.3) is 0 Å². The summed E-state index contributed by atoms with van der Waals surface area (Å²) in [6.45, 7) is 9.51. The number of aliphatic carboxylic acids is 1. The van der Waals surface area contributed by atoms with Crippen molar-refractivity contribution in [2.75, 3.05) is 13.1 Å². The van der Waals surface area contributed by atoms with Crippen molar-refractivity contribution < 1.29 is 14.7 Å². The highest BCUT2D eigenvalue weighted by Crippen LogP contribution is 2.10. The average molecular weight is 272 g/mol. The first-order chi connectivity index (χ1) is 8.94. The van der Waals surface area contributed by atoms with Gasteiger partial charge in [0.1, 0.15) is 0 Å². The molecule has 19 heavy (non-hydrogen) atoms. The number of nitrogens with one attached hydrogen (secondary N) is 1. The Balaban J connectivity index is 4.23. The Morgan fingerprint density at radius 3 is 2.21 bits per heavy atom. The summed E-state index contributed by atoms with van der Waals surface area (Å²) in [6.07, 6.45) is 2.67. The molecule has 0 aliphatic carbocycles. The molecule has 0 fully saturated rings. The van der Waals surface area contributed by atoms with Gasteiger partial charge in [-0.15, -0.1) is 0 Å². The van der Waals surface area contributed by atoms with E-state index in [9.17, 15) is 9.59 Å². The fraction of sp³-hybridized carbons (Fsp3) is 0.857. The van der Waals surface area contributed by atoms with Crippen LogP contribution >= 0.6 is 0 Å². The van der Waals surface area contributed by atoms with Gasteiger partial charge in [-0.3, -0.25) is 4.79 Å². The summed E-state index contributed by atoms with van der Waals surface area (Å²) in [5, 5.41) is 11.5. The van der Waals surface area contributed by atoms with Gasteiger partial charge in [0, 0.05) is 25.6 Å². The van der Waals surface area contributed by atoms with Crippen LogP contribution < -0.4 is 5.32 Å². The van der Waals surface area contributed by atoms with Crippen molar-refractivity contribution in [1.29, 1.82) is 0 Å². The van der Waals surface area contributed by atoms with Gasteiger partial charge in [0.2, 0.25) is 0 Å². The normalized spacial score (nSPS) is 12.3. The fourth-order valence-corrected chi connectivity index (χ4v) is 1.93. The summed E-state index contributed by atoms with van der Waals surface area (Å²) in [5.41, 5.74) is 0. The molecule has 0 spiro atoms. The predicted molar refractivity (Wildman–Crippen MR) is 76.2 cm³/mol. The van der Waals surface area contributed by atoms with Crippen LogP contribution in [-0.2, 0) is 4.79 Å². The van der Waals surface area contributed by atoms with Crippen LogP contribution in [0.1, 0.15) is 53.4 Å². The Labute approximate surface area is 116 Å². The second-order valence-electron chi connectivity index (χ2n) is 5.00. The van der Waals surface area contributed by atoms with Crippen molar-refractivity contribution in [2.45, 2.75) is 59.4 Å². The van der Waals surface area contributed by atoms with Gasteiger partial charge < -0.3 is 15.3 Å². The third-order valence-electron chi connectivity index (χ3n) is 3.46. The van der Waals surface area contributed by atoms with Gasteiger partial charge in [-0.25, -0.2) is 4.79 Å². The molecular formula is C14H28N2O3. The van der Waals surface area contributed by atoms with Crippen LogP contribution in [0.3, 0.4) is 0 Å². The Kier molecular flexibility index (Phi) is 9.00. The molecule has 0 aromatic heterocycles. The van der Waals surface area contributed by atoms with E-state index in [0.717, 1.165) is 19.4 Å². The third-order valence-corrected chi connectivity index (χ3v) is 3.46. The van der Waals surface area contributed by atoms with E-state index in [1.807, 2.05) is 13.8 Å². The van der Waals surface area contributed by atoms with Gasteiger partial charge in [0.15, 0.2) is 0 Å². The van der Waals surface area contributed by atoms with Crippen molar-refractivity contribution >= 4 is 12.0 Å². The minimum atomic E-state index is -0.828. The second-order valence-corrected chi connectivity index (χ2v) is 5.00. The van der Waals surface area contributed by atoms with Crippen molar-refractivity contribution in [3.8, 4) is 0 Å². The minimum absolute atomic E-state index is 0.0834. The van der Waals surface area contributed by atoms with E-state index in [4.69, 9.17) is 5.11 Å². The molecular weight excluding hydrogens is 244 g/mol. The zero-order chi connectivity index (χ0) is 14.8. The van der Waals surface area contributed by atoms with E-state index in [0.29, 0.717) is 18.9 Å². The van der Waals surface area contributed by atoms with Crippen molar-refractivity contribution in [3.63, 3.8) is 0 Å². The SMILES string of the molecule is CCC(CC)CN(CC)C(=O)NC(C)CCC(=O)O. The smallest absolute Gasteiger partial charge is 0.317 e. The number of nitrogens with zero attached hydrogens (tertiary/aromatic N) is 1. The molecule has 0 saturated heterocycles. The third kappa shape index (κ3) is 7.70. The molecule has 0 saturated carbocycles. The minimum Gasteiger partial charge on any atom is -0.481 e. The maximum atomic E-state index is 12.1. The molecule has 0 bridgehead atoms. The molecule has 0 radical (unpaired) electrons. The van der Waals surface area contributed by atoms with Crippen LogP contribution in [0, 0.1) is 5.92 Å². The lowest BCUT2D eigenvalue weighted by molar-refractivity contribution is -0.137. The molecule has 2 amide bonds. The number of carboxylic acid groups (broad SMARTS) is 1. The van der Waals surface area contributed by atoms with Gasteiger partial charge in [-0.05, 0) is 26.2 Å². The van der Waals surface area contributed by atoms with Crippen LogP contribution in [0.4, 0.5) is 4.79 Å². The number of hydrogen-bond acceptors (Lipinski definition) is 2. The topological polar surface area (TPSA) is 69.6 Å². The van der Waals surface area contributed by atoms with Crippen LogP contribution in [-0.4, -0.2) is 41.1 Å². The quantitative estimate of drug-likeness (QED) is 0.678. The van der Waals surface area contributed by atoms with Crippen molar-refractivity contribution in [1.82, 2.24) is 10.2 Å². The van der Waals surface area contributed by atoms with Crippen LogP contribution in [0.5, 0.6) is 0 Å². The first kappa shape index (κ1) is 17.7. The van der Waals surface area contributed by atoms with E-state index in [-0.39, 0.29) is 18.5 Å². The Hall–Kier alpha value is -1.26. The largest absolute Gasteiger partial charge is 0.481 e. The van der Waals surface area contributed by atoms with E-state index in [2.05, 4.69) is 19.2 Å². The molecule has 5 heteroatoms. The molecule has 1 unspecified atom stereocenters. The van der Waals surface area contributed by atoms with E-state index in [1.165, 1.54) is 0 Å². The number of rotatable bonds is 9. The number of carbonyl (C=O) groups excluding carboxylic acids is 1. The first-order valence-corrected chi connectivity index (χ1v) is 7.21. The number of amides is 2. The summed E-state index contributed by atoms with van der Waals surface area (Å²) in [5.74, 6) is -0.300. The molecule has 0 aliphatic rings. The lowest BCUT2D eigenvalue weighted by Crippen LogP contribution is -2.45. The van der Waals surface area contributed by atoms with Crippen molar-refractivity contribution in [2.24, 2.45) is 5.92 Å². The molecule has 0 aromatic carbocycles. The number of carboxylic acids is 1. The van der Waals surface area contributed by atoms with Gasteiger partial charge >= 0.3 is 12.0 Å². The maximum absolute atomic E-state index is 12.1. The predicted octanol–water partition coefficient (Wildman–Crippen LogP) is 2.71. The van der Waals surface area contributed by atoms with Gasteiger partial charge in [-0.2, -0.15) is 0 Å². The highest BCUT2D eigenvalue weighted by atomic mass is 16.4. The van der Waals surface area contributed by atoms with Crippen molar-refractivity contribution in [3.05, 3.63) is 0 Å². The second kappa shape index (κ2) is 9.64. The summed E-state index contributed by atoms with van der Waals surface area (Å²) in [7, 11) is 0. The van der Waals surface area contributed by atoms with E-state index in [1.54, 1.807) is 4.90 Å². The first-order valence-electron chi connectivity index (χ1n) is 7.21. The Morgan fingerprint density at radius 2 is 1.79 bits per heavy atom. The molecule has 2 N–H and O–H groups in total. The number of urea groups is 1. The highest BCUT2D eigenvalue weighted by molar-refractivity contribution is 5.74. The molecule has 1 atom stereocenters. The van der Waals surface area contributed by atoms with Crippen LogP contribution in [0.15, 0.2) is 0 Å². The molecule has 112 valence electrons. The number of carbonyl (C=O) groups is 2. The molecule has 0 rings (SSSR count). The zero-order valence-electron chi connectivity index (χ0n) is 12.6. The van der Waals surface area contributed by atoms with E-state index < -0.39 is 5.97 Å². The summed E-state index contributed by atoms with van der Waals surface area (Å²) in [4.78, 5) is 24.3. The average Bonchev–Trinajstić information content (AvgIpc) is 2.37. The van der Waals surface area contributed by atoms with Gasteiger partial charge in [0.05, 0.1) is 0 Å². The highest BCUT2D eigenvalue weighted by Gasteiger charge is 2.17. The van der Waals surface area contributed by atoms with Gasteiger partial charge in [-0.1, -0.05) is 26.7 Å². The molecule has 5 nitrogen and oxygen atoms in total. The molecule has 0 aliphatic heterocycles. The Morgan fingerprint density at radius 1 is 1.21 bits per heavy atom. The number of hydrogen-bond donors (Lipinski definition) is 2. The Bertz CT molecular complexity index is 278.